The van der Waals surface area contributed by atoms with Gasteiger partial charge in [-0.15, -0.1) is 0 Å². The first-order valence-corrected chi connectivity index (χ1v) is 5.58. The maximum absolute atomic E-state index is 11.5. The number of carbonyl (C=O) groups is 1. The Labute approximate surface area is 100 Å². The van der Waals surface area contributed by atoms with Crippen molar-refractivity contribution in [3.05, 3.63) is 18.2 Å². The van der Waals surface area contributed by atoms with Gasteiger partial charge in [-0.25, -0.2) is 9.78 Å². The Morgan fingerprint density at radius 2 is 2.24 bits per heavy atom. The van der Waals surface area contributed by atoms with Crippen LogP contribution in [0.1, 0.15) is 32.5 Å². The molecule has 0 aromatic carbocycles. The van der Waals surface area contributed by atoms with Crippen LogP contribution in [0, 0.1) is 5.41 Å². The van der Waals surface area contributed by atoms with Crippen molar-refractivity contribution in [1.29, 1.82) is 0 Å². The molecule has 0 amide bonds. The fourth-order valence-corrected chi connectivity index (χ4v) is 1.93. The molecule has 1 rings (SSSR count). The van der Waals surface area contributed by atoms with Gasteiger partial charge in [-0.3, -0.25) is 0 Å². The highest BCUT2D eigenvalue weighted by Crippen LogP contribution is 2.39. The second-order valence-electron chi connectivity index (χ2n) is 4.83. The van der Waals surface area contributed by atoms with Gasteiger partial charge < -0.3 is 21.6 Å². The van der Waals surface area contributed by atoms with Crippen LogP contribution >= 0.6 is 0 Å². The molecule has 1 atom stereocenters. The quantitative estimate of drug-likeness (QED) is 0.574. The SMILES string of the molecule is CC(C)(CCCN)[C@](N)(C(=O)O)c1ncc[nH]1. The smallest absolute Gasteiger partial charge is 0.332 e. The number of aliphatic carboxylic acids is 1. The third kappa shape index (κ3) is 2.32. The van der Waals surface area contributed by atoms with Gasteiger partial charge in [0.1, 0.15) is 5.82 Å². The van der Waals surface area contributed by atoms with E-state index >= 15 is 0 Å². The number of carboxylic acid groups (broad SMARTS) is 1. The van der Waals surface area contributed by atoms with E-state index in [0.29, 0.717) is 13.0 Å². The first-order valence-electron chi connectivity index (χ1n) is 5.58. The number of aromatic nitrogens is 2. The Morgan fingerprint density at radius 1 is 1.59 bits per heavy atom. The van der Waals surface area contributed by atoms with Gasteiger partial charge in [0, 0.05) is 17.8 Å². The Kier molecular flexibility index (Phi) is 3.90. The van der Waals surface area contributed by atoms with E-state index in [1.165, 1.54) is 6.20 Å². The van der Waals surface area contributed by atoms with E-state index in [0.717, 1.165) is 6.42 Å². The van der Waals surface area contributed by atoms with Gasteiger partial charge in [0.15, 0.2) is 5.54 Å². The van der Waals surface area contributed by atoms with Gasteiger partial charge >= 0.3 is 5.97 Å². The van der Waals surface area contributed by atoms with Gasteiger partial charge in [-0.05, 0) is 19.4 Å². The van der Waals surface area contributed by atoms with Crippen LogP contribution in [-0.2, 0) is 10.3 Å². The van der Waals surface area contributed by atoms with E-state index in [2.05, 4.69) is 9.97 Å². The number of hydrogen-bond donors (Lipinski definition) is 4. The molecule has 1 aromatic rings. The summed E-state index contributed by atoms with van der Waals surface area (Å²) in [5, 5.41) is 9.42. The Hall–Kier alpha value is -1.40. The highest BCUT2D eigenvalue weighted by atomic mass is 16.4. The zero-order chi connectivity index (χ0) is 13.1. The Balaban J connectivity index is 3.12. The lowest BCUT2D eigenvalue weighted by atomic mass is 9.69. The predicted molar refractivity (Wildman–Crippen MR) is 64.2 cm³/mol. The molecule has 0 aliphatic carbocycles. The number of nitrogens with two attached hydrogens (primary N) is 2. The summed E-state index contributed by atoms with van der Waals surface area (Å²) < 4.78 is 0. The van der Waals surface area contributed by atoms with Crippen molar-refractivity contribution in [1.82, 2.24) is 9.97 Å². The summed E-state index contributed by atoms with van der Waals surface area (Å²) in [5.41, 5.74) is 9.37. The number of hydrogen-bond acceptors (Lipinski definition) is 4. The number of imidazole rings is 1. The molecule has 0 saturated carbocycles. The predicted octanol–water partition coefficient (Wildman–Crippen LogP) is 0.413. The molecule has 0 unspecified atom stereocenters. The molecular weight excluding hydrogens is 220 g/mol. The van der Waals surface area contributed by atoms with Crippen molar-refractivity contribution in [2.45, 2.75) is 32.2 Å². The van der Waals surface area contributed by atoms with Crippen molar-refractivity contribution in [3.63, 3.8) is 0 Å². The molecule has 1 aromatic heterocycles. The third-order valence-electron chi connectivity index (χ3n) is 3.28. The topological polar surface area (TPSA) is 118 Å². The number of rotatable bonds is 6. The molecule has 17 heavy (non-hydrogen) atoms. The number of nitrogens with one attached hydrogen (secondary N) is 1. The molecule has 0 fully saturated rings. The minimum atomic E-state index is -1.54. The molecule has 6 N–H and O–H groups in total. The van der Waals surface area contributed by atoms with Crippen LogP contribution in [0.15, 0.2) is 12.4 Å². The van der Waals surface area contributed by atoms with Gasteiger partial charge in [0.25, 0.3) is 0 Å². The normalized spacial score (nSPS) is 15.5. The number of aromatic amines is 1. The van der Waals surface area contributed by atoms with Crippen LogP contribution in [0.4, 0.5) is 0 Å². The minimum Gasteiger partial charge on any atom is -0.480 e. The summed E-state index contributed by atoms with van der Waals surface area (Å²) in [6, 6.07) is 0. The molecule has 6 nitrogen and oxygen atoms in total. The van der Waals surface area contributed by atoms with E-state index in [1.807, 2.05) is 13.8 Å². The monoisotopic (exact) mass is 240 g/mol. The molecular formula is C11H20N4O2. The van der Waals surface area contributed by atoms with E-state index in [9.17, 15) is 9.90 Å². The lowest BCUT2D eigenvalue weighted by molar-refractivity contribution is -0.149. The molecule has 0 spiro atoms. The molecule has 0 aliphatic heterocycles. The summed E-state index contributed by atoms with van der Waals surface area (Å²) in [7, 11) is 0. The van der Waals surface area contributed by atoms with Crippen LogP contribution in [-0.4, -0.2) is 27.6 Å². The average Bonchev–Trinajstić information content (AvgIpc) is 2.78. The Bertz CT molecular complexity index is 375. The fraction of sp³-hybridized carbons (Fsp3) is 0.636. The summed E-state index contributed by atoms with van der Waals surface area (Å²) in [5.74, 6) is -0.818. The third-order valence-corrected chi connectivity index (χ3v) is 3.28. The van der Waals surface area contributed by atoms with Crippen molar-refractivity contribution in [2.75, 3.05) is 6.54 Å². The number of H-pyrrole nitrogens is 1. The molecule has 0 saturated heterocycles. The van der Waals surface area contributed by atoms with Crippen LogP contribution < -0.4 is 11.5 Å². The van der Waals surface area contributed by atoms with E-state index in [-0.39, 0.29) is 5.82 Å². The van der Waals surface area contributed by atoms with Crippen molar-refractivity contribution in [3.8, 4) is 0 Å². The van der Waals surface area contributed by atoms with Crippen molar-refractivity contribution < 1.29 is 9.90 Å². The first-order chi connectivity index (χ1) is 7.86. The molecule has 1 heterocycles. The number of carboxylic acids is 1. The summed E-state index contributed by atoms with van der Waals surface area (Å²) in [6.07, 6.45) is 4.41. The highest BCUT2D eigenvalue weighted by Gasteiger charge is 2.51. The lowest BCUT2D eigenvalue weighted by Gasteiger charge is -2.39. The summed E-state index contributed by atoms with van der Waals surface area (Å²) in [6.45, 7) is 4.15. The molecule has 0 bridgehead atoms. The minimum absolute atomic E-state index is 0.270. The van der Waals surface area contributed by atoms with Gasteiger partial charge in [0.05, 0.1) is 0 Å². The summed E-state index contributed by atoms with van der Waals surface area (Å²) >= 11 is 0. The van der Waals surface area contributed by atoms with Crippen LogP contribution in [0.25, 0.3) is 0 Å². The van der Waals surface area contributed by atoms with Crippen LogP contribution in [0.5, 0.6) is 0 Å². The van der Waals surface area contributed by atoms with E-state index in [4.69, 9.17) is 11.5 Å². The van der Waals surface area contributed by atoms with Gasteiger partial charge in [-0.1, -0.05) is 13.8 Å². The summed E-state index contributed by atoms with van der Waals surface area (Å²) in [4.78, 5) is 18.3. The van der Waals surface area contributed by atoms with Gasteiger partial charge in [0.2, 0.25) is 0 Å². The number of nitrogens with zero attached hydrogens (tertiary/aromatic N) is 1. The van der Waals surface area contributed by atoms with Crippen LogP contribution in [0.2, 0.25) is 0 Å². The zero-order valence-electron chi connectivity index (χ0n) is 10.2. The molecule has 96 valence electrons. The second-order valence-corrected chi connectivity index (χ2v) is 4.83. The van der Waals surface area contributed by atoms with Crippen molar-refractivity contribution in [2.24, 2.45) is 16.9 Å². The van der Waals surface area contributed by atoms with Crippen molar-refractivity contribution >= 4 is 5.97 Å². The van der Waals surface area contributed by atoms with Crippen LogP contribution in [0.3, 0.4) is 0 Å². The standard InChI is InChI=1S/C11H20N4O2/c1-10(2,4-3-5-12)11(13,9(16)17)8-14-6-7-15-8/h6-7H,3-5,12-13H2,1-2H3,(H,14,15)(H,16,17)/t11-/m1/s1. The molecule has 0 radical (unpaired) electrons. The highest BCUT2D eigenvalue weighted by molar-refractivity contribution is 5.80. The van der Waals surface area contributed by atoms with E-state index < -0.39 is 16.9 Å². The second kappa shape index (κ2) is 4.85. The zero-order valence-corrected chi connectivity index (χ0v) is 10.2. The maximum atomic E-state index is 11.5. The lowest BCUT2D eigenvalue weighted by Crippen LogP contribution is -2.56. The van der Waals surface area contributed by atoms with E-state index in [1.54, 1.807) is 6.20 Å². The first kappa shape index (κ1) is 13.7. The van der Waals surface area contributed by atoms with Gasteiger partial charge in [-0.2, -0.15) is 0 Å². The maximum Gasteiger partial charge on any atom is 0.332 e. The Morgan fingerprint density at radius 3 is 2.65 bits per heavy atom. The molecule has 0 aliphatic rings. The fourth-order valence-electron chi connectivity index (χ4n) is 1.93. The average molecular weight is 240 g/mol. The molecule has 6 heteroatoms. The largest absolute Gasteiger partial charge is 0.480 e.